The summed E-state index contributed by atoms with van der Waals surface area (Å²) in [4.78, 5) is 17.3. The summed E-state index contributed by atoms with van der Waals surface area (Å²) in [6, 6.07) is 13.6. The number of nitrogens with two attached hydrogens (primary N) is 1. The zero-order valence-corrected chi connectivity index (χ0v) is 16.6. The van der Waals surface area contributed by atoms with Gasteiger partial charge in [-0.15, -0.1) is 0 Å². The van der Waals surface area contributed by atoms with Crippen LogP contribution in [0.15, 0.2) is 48.7 Å². The molecule has 3 rings (SSSR count). The molecule has 0 radical (unpaired) electrons. The Bertz CT molecular complexity index is 725. The number of nitrogens with zero attached hydrogens (tertiary/aromatic N) is 1. The molecule has 3 N–H and O–H groups in total. The molecule has 1 aromatic carbocycles. The number of carbonyl (C=O) groups is 1. The van der Waals surface area contributed by atoms with Crippen LogP contribution in [-0.2, 0) is 11.2 Å². The Morgan fingerprint density at radius 3 is 2.54 bits per heavy atom. The molecule has 1 aromatic heterocycles. The number of benzene rings is 1. The molecule has 28 heavy (non-hydrogen) atoms. The van der Waals surface area contributed by atoms with Crippen molar-refractivity contribution in [2.24, 2.45) is 17.6 Å². The van der Waals surface area contributed by atoms with Gasteiger partial charge in [0.15, 0.2) is 0 Å². The van der Waals surface area contributed by atoms with E-state index in [0.717, 1.165) is 49.2 Å². The minimum atomic E-state index is -0.0462. The average molecular weight is 382 g/mol. The molecule has 1 aliphatic rings. The largest absolute Gasteiger partial charge is 0.494 e. The van der Waals surface area contributed by atoms with Crippen LogP contribution < -0.4 is 15.8 Å². The lowest BCUT2D eigenvalue weighted by Crippen LogP contribution is -2.37. The monoisotopic (exact) mass is 381 g/mol. The van der Waals surface area contributed by atoms with Crippen LogP contribution >= 0.6 is 0 Å². The predicted octanol–water partition coefficient (Wildman–Crippen LogP) is 3.65. The molecule has 1 aliphatic carbocycles. The second-order valence-corrected chi connectivity index (χ2v) is 7.57. The number of carbonyl (C=O) groups excluding carboxylic acids is 1. The third-order valence-electron chi connectivity index (χ3n) is 5.62. The van der Waals surface area contributed by atoms with Crippen LogP contribution in [0.1, 0.15) is 49.9 Å². The van der Waals surface area contributed by atoms with Gasteiger partial charge in [-0.2, -0.15) is 0 Å². The number of amides is 1. The van der Waals surface area contributed by atoms with E-state index in [2.05, 4.69) is 10.3 Å². The van der Waals surface area contributed by atoms with Gasteiger partial charge in [-0.3, -0.25) is 9.78 Å². The van der Waals surface area contributed by atoms with Crippen molar-refractivity contribution >= 4 is 5.91 Å². The first kappa shape index (κ1) is 20.3. The van der Waals surface area contributed by atoms with E-state index >= 15 is 0 Å². The average Bonchev–Trinajstić information content (AvgIpc) is 2.74. The Labute approximate surface area is 167 Å². The van der Waals surface area contributed by atoms with Crippen LogP contribution in [0.4, 0.5) is 0 Å². The Balaban J connectivity index is 1.66. The molecular weight excluding hydrogens is 350 g/mol. The van der Waals surface area contributed by atoms with Gasteiger partial charge in [-0.25, -0.2) is 0 Å². The minimum Gasteiger partial charge on any atom is -0.494 e. The third-order valence-corrected chi connectivity index (χ3v) is 5.62. The molecule has 0 saturated heterocycles. The van der Waals surface area contributed by atoms with Crippen LogP contribution in [0.5, 0.6) is 5.75 Å². The van der Waals surface area contributed by atoms with Gasteiger partial charge in [0.05, 0.1) is 24.8 Å². The Morgan fingerprint density at radius 2 is 1.93 bits per heavy atom. The highest BCUT2D eigenvalue weighted by atomic mass is 16.5. The van der Waals surface area contributed by atoms with Gasteiger partial charge in [0.2, 0.25) is 5.91 Å². The van der Waals surface area contributed by atoms with E-state index in [-0.39, 0.29) is 11.9 Å². The lowest BCUT2D eigenvalue weighted by molar-refractivity contribution is -0.121. The van der Waals surface area contributed by atoms with Crippen molar-refractivity contribution in [2.75, 3.05) is 13.2 Å². The number of ether oxygens (including phenoxy) is 1. The smallest absolute Gasteiger partial charge is 0.224 e. The molecule has 5 heteroatoms. The van der Waals surface area contributed by atoms with Gasteiger partial charge in [-0.1, -0.05) is 18.2 Å². The predicted molar refractivity (Wildman–Crippen MR) is 111 cm³/mol. The number of pyridine rings is 1. The summed E-state index contributed by atoms with van der Waals surface area (Å²) < 4.78 is 5.47. The maximum atomic E-state index is 12.8. The van der Waals surface area contributed by atoms with Crippen LogP contribution in [-0.4, -0.2) is 24.0 Å². The van der Waals surface area contributed by atoms with E-state index < -0.39 is 0 Å². The summed E-state index contributed by atoms with van der Waals surface area (Å²) in [7, 11) is 0. The third kappa shape index (κ3) is 5.55. The van der Waals surface area contributed by atoms with Crippen LogP contribution in [0, 0.1) is 11.8 Å². The first-order chi connectivity index (χ1) is 13.7. The molecule has 150 valence electrons. The van der Waals surface area contributed by atoms with Crippen molar-refractivity contribution in [3.8, 4) is 5.75 Å². The Kier molecular flexibility index (Phi) is 7.43. The van der Waals surface area contributed by atoms with Crippen molar-refractivity contribution in [1.82, 2.24) is 10.3 Å². The lowest BCUT2D eigenvalue weighted by Gasteiger charge is -2.33. The molecule has 1 unspecified atom stereocenters. The van der Waals surface area contributed by atoms with Gasteiger partial charge in [0.25, 0.3) is 0 Å². The summed E-state index contributed by atoms with van der Waals surface area (Å²) >= 11 is 0. The van der Waals surface area contributed by atoms with Gasteiger partial charge in [0, 0.05) is 6.20 Å². The van der Waals surface area contributed by atoms with Crippen LogP contribution in [0.2, 0.25) is 0 Å². The standard InChI is InChI=1S/C23H31N3O2/c1-2-28-20-12-8-17(9-13-20)15-22(27)26-23(21-5-3-4-14-25-21)19-10-6-18(16-24)7-11-19/h3-5,8-9,12-14,18-19,23H,2,6-7,10-11,15-16,24H2,1H3,(H,26,27). The van der Waals surface area contributed by atoms with E-state index in [4.69, 9.17) is 10.5 Å². The first-order valence-corrected chi connectivity index (χ1v) is 10.3. The van der Waals surface area contributed by atoms with E-state index in [9.17, 15) is 4.79 Å². The molecule has 1 heterocycles. The Morgan fingerprint density at radius 1 is 1.18 bits per heavy atom. The fraction of sp³-hybridized carbons (Fsp3) is 0.478. The molecule has 5 nitrogen and oxygen atoms in total. The maximum absolute atomic E-state index is 12.8. The first-order valence-electron chi connectivity index (χ1n) is 10.3. The molecule has 0 bridgehead atoms. The van der Waals surface area contributed by atoms with Gasteiger partial charge >= 0.3 is 0 Å². The van der Waals surface area contributed by atoms with Crippen molar-refractivity contribution in [3.63, 3.8) is 0 Å². The van der Waals surface area contributed by atoms with Crippen molar-refractivity contribution < 1.29 is 9.53 Å². The molecule has 2 aromatic rings. The molecule has 0 aliphatic heterocycles. The highest BCUT2D eigenvalue weighted by Crippen LogP contribution is 2.36. The van der Waals surface area contributed by atoms with E-state index in [1.807, 2.05) is 49.4 Å². The summed E-state index contributed by atoms with van der Waals surface area (Å²) in [5.41, 5.74) is 7.76. The van der Waals surface area contributed by atoms with Crippen molar-refractivity contribution in [2.45, 2.75) is 45.1 Å². The summed E-state index contributed by atoms with van der Waals surface area (Å²) in [5, 5.41) is 3.26. The quantitative estimate of drug-likeness (QED) is 0.732. The number of rotatable bonds is 8. The minimum absolute atomic E-state index is 0.0285. The molecule has 0 spiro atoms. The van der Waals surface area contributed by atoms with E-state index in [1.54, 1.807) is 6.20 Å². The molecule has 1 atom stereocenters. The number of hydrogen-bond acceptors (Lipinski definition) is 4. The lowest BCUT2D eigenvalue weighted by atomic mass is 9.77. The second-order valence-electron chi connectivity index (χ2n) is 7.57. The van der Waals surface area contributed by atoms with Crippen molar-refractivity contribution in [3.05, 3.63) is 59.9 Å². The van der Waals surface area contributed by atoms with Crippen LogP contribution in [0.3, 0.4) is 0 Å². The normalized spacial score (nSPS) is 20.4. The van der Waals surface area contributed by atoms with Crippen molar-refractivity contribution in [1.29, 1.82) is 0 Å². The summed E-state index contributed by atoms with van der Waals surface area (Å²) in [5.74, 6) is 1.87. The van der Waals surface area contributed by atoms with Gasteiger partial charge in [0.1, 0.15) is 5.75 Å². The van der Waals surface area contributed by atoms with Gasteiger partial charge < -0.3 is 15.8 Å². The SMILES string of the molecule is CCOc1ccc(CC(=O)NC(c2ccccn2)C2CCC(CN)CC2)cc1. The van der Waals surface area contributed by atoms with Gasteiger partial charge in [-0.05, 0) is 80.8 Å². The fourth-order valence-corrected chi connectivity index (χ4v) is 4.03. The topological polar surface area (TPSA) is 77.2 Å². The maximum Gasteiger partial charge on any atom is 0.224 e. The number of aromatic nitrogens is 1. The molecular formula is C23H31N3O2. The van der Waals surface area contributed by atoms with Crippen LogP contribution in [0.25, 0.3) is 0 Å². The highest BCUT2D eigenvalue weighted by molar-refractivity contribution is 5.79. The Hall–Kier alpha value is -2.40. The highest BCUT2D eigenvalue weighted by Gasteiger charge is 2.30. The zero-order chi connectivity index (χ0) is 19.8. The van der Waals surface area contributed by atoms with E-state index in [0.29, 0.717) is 24.9 Å². The summed E-state index contributed by atoms with van der Waals surface area (Å²) in [6.45, 7) is 3.35. The van der Waals surface area contributed by atoms with E-state index in [1.165, 1.54) is 0 Å². The molecule has 1 amide bonds. The summed E-state index contributed by atoms with van der Waals surface area (Å²) in [6.07, 6.45) is 6.55. The number of nitrogens with one attached hydrogen (secondary N) is 1. The zero-order valence-electron chi connectivity index (χ0n) is 16.6. The molecule has 1 saturated carbocycles. The number of hydrogen-bond donors (Lipinski definition) is 2. The second kappa shape index (κ2) is 10.2. The molecule has 1 fully saturated rings. The fourth-order valence-electron chi connectivity index (χ4n) is 4.03.